The van der Waals surface area contributed by atoms with Crippen LogP contribution < -0.4 is 10.6 Å². The molecule has 2 N–H and O–H groups in total. The summed E-state index contributed by atoms with van der Waals surface area (Å²) in [5.41, 5.74) is 2.49. The molecule has 3 rings (SSSR count). The lowest BCUT2D eigenvalue weighted by atomic mass is 10.1. The van der Waals surface area contributed by atoms with E-state index in [9.17, 15) is 0 Å². The van der Waals surface area contributed by atoms with Crippen molar-refractivity contribution in [3.63, 3.8) is 0 Å². The van der Waals surface area contributed by atoms with Crippen LogP contribution in [0.2, 0.25) is 0 Å². The van der Waals surface area contributed by atoms with Gasteiger partial charge in [0.05, 0.1) is 11.1 Å². The Bertz CT molecular complexity index is 475. The van der Waals surface area contributed by atoms with Crippen LogP contribution in [0.5, 0.6) is 0 Å². The zero-order chi connectivity index (χ0) is 12.4. The minimum absolute atomic E-state index is 0.330. The van der Waals surface area contributed by atoms with Crippen LogP contribution in [0, 0.1) is 0 Å². The summed E-state index contributed by atoms with van der Waals surface area (Å²) >= 11 is 7.17. The topological polar surface area (TPSA) is 33.3 Å². The number of nitrogens with one attached hydrogen (secondary N) is 2. The Morgan fingerprint density at radius 1 is 1.61 bits per heavy atom. The molecule has 0 radical (unpaired) electrons. The normalized spacial score (nSPS) is 22.0. The third-order valence-corrected chi connectivity index (χ3v) is 4.61. The SMILES string of the molecule is S=C(NCC1CCCO1)C1=CNc2sccc2C1. The second-order valence-corrected chi connectivity index (χ2v) is 5.94. The zero-order valence-electron chi connectivity index (χ0n) is 10.1. The molecule has 0 aliphatic carbocycles. The van der Waals surface area contributed by atoms with Gasteiger partial charge in [0.25, 0.3) is 0 Å². The molecule has 0 spiro atoms. The Morgan fingerprint density at radius 3 is 3.39 bits per heavy atom. The maximum absolute atomic E-state index is 5.58. The van der Waals surface area contributed by atoms with Crippen molar-refractivity contribution in [2.45, 2.75) is 25.4 Å². The molecule has 2 aliphatic heterocycles. The molecule has 96 valence electrons. The smallest absolute Gasteiger partial charge is 0.104 e. The van der Waals surface area contributed by atoms with Crippen molar-refractivity contribution >= 4 is 33.5 Å². The van der Waals surface area contributed by atoms with E-state index in [1.54, 1.807) is 11.3 Å². The first kappa shape index (κ1) is 12.1. The lowest BCUT2D eigenvalue weighted by molar-refractivity contribution is 0.114. The molecule has 1 aromatic rings. The molecule has 0 aromatic carbocycles. The molecule has 1 atom stereocenters. The molecular weight excluding hydrogens is 264 g/mol. The molecule has 18 heavy (non-hydrogen) atoms. The maximum Gasteiger partial charge on any atom is 0.104 e. The van der Waals surface area contributed by atoms with E-state index in [4.69, 9.17) is 17.0 Å². The first-order chi connectivity index (χ1) is 8.83. The first-order valence-corrected chi connectivity index (χ1v) is 7.53. The molecule has 1 aromatic heterocycles. The number of hydrogen-bond donors (Lipinski definition) is 2. The van der Waals surface area contributed by atoms with Gasteiger partial charge in [-0.25, -0.2) is 0 Å². The van der Waals surface area contributed by atoms with Gasteiger partial charge in [0.15, 0.2) is 0 Å². The quantitative estimate of drug-likeness (QED) is 0.834. The summed E-state index contributed by atoms with van der Waals surface area (Å²) in [6, 6.07) is 2.16. The van der Waals surface area contributed by atoms with Crippen LogP contribution in [0.4, 0.5) is 5.00 Å². The maximum atomic E-state index is 5.58. The fraction of sp³-hybridized carbons (Fsp3) is 0.462. The van der Waals surface area contributed by atoms with Gasteiger partial charge < -0.3 is 15.4 Å². The van der Waals surface area contributed by atoms with E-state index in [0.717, 1.165) is 36.6 Å². The van der Waals surface area contributed by atoms with Crippen molar-refractivity contribution in [2.24, 2.45) is 0 Å². The molecular formula is C13H16N2OS2. The highest BCUT2D eigenvalue weighted by Crippen LogP contribution is 2.29. The fourth-order valence-corrected chi connectivity index (χ4v) is 3.28. The molecule has 0 bridgehead atoms. The number of thiocarbonyl (C=S) groups is 1. The molecule has 3 heterocycles. The molecule has 1 unspecified atom stereocenters. The summed E-state index contributed by atoms with van der Waals surface area (Å²) in [6.45, 7) is 1.72. The Labute approximate surface area is 116 Å². The lowest BCUT2D eigenvalue weighted by Crippen LogP contribution is -2.32. The number of thiophene rings is 1. The van der Waals surface area contributed by atoms with Gasteiger partial charge in [-0.2, -0.15) is 0 Å². The second kappa shape index (κ2) is 5.38. The van der Waals surface area contributed by atoms with Crippen molar-refractivity contribution in [3.8, 4) is 0 Å². The van der Waals surface area contributed by atoms with Gasteiger partial charge in [0.1, 0.15) is 4.99 Å². The summed E-state index contributed by atoms with van der Waals surface area (Å²) < 4.78 is 5.58. The molecule has 1 fully saturated rings. The van der Waals surface area contributed by atoms with Crippen LogP contribution in [0.3, 0.4) is 0 Å². The average Bonchev–Trinajstić information content (AvgIpc) is 3.05. The summed E-state index contributed by atoms with van der Waals surface area (Å²) in [5.74, 6) is 0. The van der Waals surface area contributed by atoms with E-state index in [-0.39, 0.29) is 0 Å². The molecule has 3 nitrogen and oxygen atoms in total. The van der Waals surface area contributed by atoms with E-state index in [0.29, 0.717) is 6.10 Å². The van der Waals surface area contributed by atoms with Crippen molar-refractivity contribution in [1.82, 2.24) is 5.32 Å². The monoisotopic (exact) mass is 280 g/mol. The van der Waals surface area contributed by atoms with E-state index in [2.05, 4.69) is 22.1 Å². The van der Waals surface area contributed by atoms with Crippen molar-refractivity contribution in [1.29, 1.82) is 0 Å². The molecule has 2 aliphatic rings. The number of anilines is 1. The van der Waals surface area contributed by atoms with Crippen LogP contribution in [0.25, 0.3) is 0 Å². The van der Waals surface area contributed by atoms with E-state index in [1.807, 2.05) is 6.20 Å². The minimum atomic E-state index is 0.330. The fourth-order valence-electron chi connectivity index (χ4n) is 2.28. The highest BCUT2D eigenvalue weighted by molar-refractivity contribution is 7.80. The largest absolute Gasteiger partial charge is 0.376 e. The van der Waals surface area contributed by atoms with Crippen LogP contribution in [-0.4, -0.2) is 24.2 Å². The van der Waals surface area contributed by atoms with E-state index in [1.165, 1.54) is 17.0 Å². The van der Waals surface area contributed by atoms with Gasteiger partial charge >= 0.3 is 0 Å². The Balaban J connectivity index is 1.55. The van der Waals surface area contributed by atoms with Crippen LogP contribution in [-0.2, 0) is 11.2 Å². The number of rotatable bonds is 3. The predicted octanol–water partition coefficient (Wildman–Crippen LogP) is 2.70. The highest BCUT2D eigenvalue weighted by atomic mass is 32.1. The highest BCUT2D eigenvalue weighted by Gasteiger charge is 2.18. The summed E-state index contributed by atoms with van der Waals surface area (Å²) in [6.07, 6.45) is 5.58. The van der Waals surface area contributed by atoms with Gasteiger partial charge in [0.2, 0.25) is 0 Å². The Kier molecular flexibility index (Phi) is 3.63. The van der Waals surface area contributed by atoms with Crippen molar-refractivity contribution in [3.05, 3.63) is 28.8 Å². The van der Waals surface area contributed by atoms with Crippen molar-refractivity contribution < 1.29 is 4.74 Å². The van der Waals surface area contributed by atoms with Gasteiger partial charge in [-0.3, -0.25) is 0 Å². The molecule has 0 saturated carbocycles. The first-order valence-electron chi connectivity index (χ1n) is 6.24. The third kappa shape index (κ3) is 2.58. The Morgan fingerprint density at radius 2 is 2.56 bits per heavy atom. The van der Waals surface area contributed by atoms with Gasteiger partial charge in [-0.05, 0) is 29.9 Å². The molecule has 1 saturated heterocycles. The second-order valence-electron chi connectivity index (χ2n) is 4.61. The third-order valence-electron chi connectivity index (χ3n) is 3.31. The van der Waals surface area contributed by atoms with E-state index >= 15 is 0 Å². The standard InChI is InChI=1S/C13H16N2OS2/c17-12(14-8-11-2-1-4-16-11)10-6-9-3-5-18-13(9)15-7-10/h3,5,7,11,15H,1-2,4,6,8H2,(H,14,17). The van der Waals surface area contributed by atoms with Crippen LogP contribution in [0.15, 0.2) is 23.2 Å². The number of ether oxygens (including phenoxy) is 1. The van der Waals surface area contributed by atoms with Gasteiger partial charge in [-0.1, -0.05) is 12.2 Å². The summed E-state index contributed by atoms with van der Waals surface area (Å²) in [4.78, 5) is 0.842. The summed E-state index contributed by atoms with van der Waals surface area (Å²) in [5, 5.41) is 9.96. The van der Waals surface area contributed by atoms with Crippen LogP contribution >= 0.6 is 23.6 Å². The predicted molar refractivity (Wildman–Crippen MR) is 79.3 cm³/mol. The van der Waals surface area contributed by atoms with Gasteiger partial charge in [0, 0.05) is 31.3 Å². The van der Waals surface area contributed by atoms with Gasteiger partial charge in [-0.15, -0.1) is 11.3 Å². The number of fused-ring (bicyclic) bond motifs is 1. The van der Waals surface area contributed by atoms with E-state index < -0.39 is 0 Å². The lowest BCUT2D eigenvalue weighted by Gasteiger charge is -2.18. The number of hydrogen-bond acceptors (Lipinski definition) is 4. The zero-order valence-corrected chi connectivity index (χ0v) is 11.7. The molecule has 0 amide bonds. The average molecular weight is 280 g/mol. The summed E-state index contributed by atoms with van der Waals surface area (Å²) in [7, 11) is 0. The molecule has 5 heteroatoms. The van der Waals surface area contributed by atoms with Crippen LogP contribution in [0.1, 0.15) is 18.4 Å². The minimum Gasteiger partial charge on any atom is -0.376 e. The Hall–Kier alpha value is -0.910. The van der Waals surface area contributed by atoms with Crippen molar-refractivity contribution in [2.75, 3.05) is 18.5 Å².